The van der Waals surface area contributed by atoms with Crippen LogP contribution >= 0.6 is 22.9 Å². The Labute approximate surface area is 118 Å². The molecule has 1 heterocycles. The molecule has 5 heteroatoms. The van der Waals surface area contributed by atoms with Crippen molar-refractivity contribution in [2.75, 3.05) is 26.9 Å². The van der Waals surface area contributed by atoms with Gasteiger partial charge in [0.25, 0.3) is 0 Å². The van der Waals surface area contributed by atoms with E-state index in [9.17, 15) is 0 Å². The van der Waals surface area contributed by atoms with E-state index in [2.05, 4.69) is 19.2 Å². The Morgan fingerprint density at radius 3 is 2.72 bits per heavy atom. The SMILES string of the molecule is COC(C)(C)CCOCCNCc1ccc(Cl)s1. The van der Waals surface area contributed by atoms with Gasteiger partial charge in [0.2, 0.25) is 0 Å². The lowest BCUT2D eigenvalue weighted by Crippen LogP contribution is -2.25. The van der Waals surface area contributed by atoms with Gasteiger partial charge in [0.1, 0.15) is 0 Å². The molecule has 1 aromatic rings. The quantitative estimate of drug-likeness (QED) is 0.708. The van der Waals surface area contributed by atoms with E-state index in [4.69, 9.17) is 21.1 Å². The number of ether oxygens (including phenoxy) is 2. The van der Waals surface area contributed by atoms with E-state index in [0.717, 1.165) is 37.1 Å². The van der Waals surface area contributed by atoms with Gasteiger partial charge in [-0.15, -0.1) is 11.3 Å². The van der Waals surface area contributed by atoms with Crippen LogP contribution in [0.2, 0.25) is 4.34 Å². The molecule has 0 atom stereocenters. The molecule has 0 amide bonds. The maximum absolute atomic E-state index is 5.85. The number of rotatable bonds is 9. The second-order valence-corrected chi connectivity index (χ2v) is 6.51. The molecule has 104 valence electrons. The summed E-state index contributed by atoms with van der Waals surface area (Å²) >= 11 is 7.46. The van der Waals surface area contributed by atoms with Crippen LogP contribution in [0, 0.1) is 0 Å². The van der Waals surface area contributed by atoms with E-state index in [0.29, 0.717) is 0 Å². The number of methoxy groups -OCH3 is 1. The van der Waals surface area contributed by atoms with Gasteiger partial charge in [-0.2, -0.15) is 0 Å². The number of halogens is 1. The Hall–Kier alpha value is -0.130. The standard InChI is InChI=1S/C13H22ClNO2S/c1-13(2,16-3)6-8-17-9-7-15-10-11-4-5-12(14)18-11/h4-5,15H,6-10H2,1-3H3. The van der Waals surface area contributed by atoms with Crippen molar-refractivity contribution in [1.82, 2.24) is 5.32 Å². The van der Waals surface area contributed by atoms with Crippen LogP contribution in [0.5, 0.6) is 0 Å². The highest BCUT2D eigenvalue weighted by atomic mass is 35.5. The van der Waals surface area contributed by atoms with Crippen molar-refractivity contribution in [1.29, 1.82) is 0 Å². The zero-order valence-electron chi connectivity index (χ0n) is 11.3. The Bertz CT molecular complexity index is 341. The van der Waals surface area contributed by atoms with Crippen molar-refractivity contribution in [2.24, 2.45) is 0 Å². The first-order chi connectivity index (χ1) is 8.53. The molecule has 1 N–H and O–H groups in total. The van der Waals surface area contributed by atoms with Crippen molar-refractivity contribution in [3.05, 3.63) is 21.3 Å². The zero-order valence-corrected chi connectivity index (χ0v) is 12.9. The highest BCUT2D eigenvalue weighted by Crippen LogP contribution is 2.20. The van der Waals surface area contributed by atoms with Crippen molar-refractivity contribution < 1.29 is 9.47 Å². The summed E-state index contributed by atoms with van der Waals surface area (Å²) in [6, 6.07) is 3.97. The molecule has 0 aliphatic rings. The molecule has 0 aromatic carbocycles. The first-order valence-corrected chi connectivity index (χ1v) is 7.31. The third-order valence-electron chi connectivity index (χ3n) is 2.75. The van der Waals surface area contributed by atoms with Crippen molar-refractivity contribution in [2.45, 2.75) is 32.4 Å². The molecular weight excluding hydrogens is 270 g/mol. The summed E-state index contributed by atoms with van der Waals surface area (Å²) in [6.07, 6.45) is 0.907. The number of hydrogen-bond donors (Lipinski definition) is 1. The zero-order chi connectivity index (χ0) is 13.4. The van der Waals surface area contributed by atoms with Crippen molar-refractivity contribution in [3.63, 3.8) is 0 Å². The minimum atomic E-state index is -0.0961. The molecule has 0 spiro atoms. The average Bonchev–Trinajstić information content (AvgIpc) is 2.74. The first-order valence-electron chi connectivity index (χ1n) is 6.11. The molecule has 1 aromatic heterocycles. The normalized spacial score (nSPS) is 12.0. The van der Waals surface area contributed by atoms with Crippen LogP contribution in [-0.2, 0) is 16.0 Å². The Kier molecular flexibility index (Phi) is 7.19. The van der Waals surface area contributed by atoms with E-state index in [-0.39, 0.29) is 5.60 Å². The van der Waals surface area contributed by atoms with Gasteiger partial charge in [0, 0.05) is 31.7 Å². The first kappa shape index (κ1) is 15.9. The Morgan fingerprint density at radius 1 is 1.33 bits per heavy atom. The number of hydrogen-bond acceptors (Lipinski definition) is 4. The minimum Gasteiger partial charge on any atom is -0.380 e. The minimum absolute atomic E-state index is 0.0961. The maximum atomic E-state index is 5.85. The summed E-state index contributed by atoms with van der Waals surface area (Å²) in [7, 11) is 1.73. The van der Waals surface area contributed by atoms with Crippen LogP contribution in [0.4, 0.5) is 0 Å². The summed E-state index contributed by atoms with van der Waals surface area (Å²) in [6.45, 7) is 7.28. The summed E-state index contributed by atoms with van der Waals surface area (Å²) in [5, 5.41) is 3.32. The van der Waals surface area contributed by atoms with Crippen LogP contribution in [0.1, 0.15) is 25.1 Å². The monoisotopic (exact) mass is 291 g/mol. The fraction of sp³-hybridized carbons (Fsp3) is 0.692. The lowest BCUT2D eigenvalue weighted by Gasteiger charge is -2.22. The molecule has 0 saturated carbocycles. The van der Waals surface area contributed by atoms with E-state index in [1.54, 1.807) is 18.4 Å². The lowest BCUT2D eigenvalue weighted by molar-refractivity contribution is -0.00936. The molecule has 3 nitrogen and oxygen atoms in total. The van der Waals surface area contributed by atoms with Crippen LogP contribution in [0.3, 0.4) is 0 Å². The largest absolute Gasteiger partial charge is 0.380 e. The van der Waals surface area contributed by atoms with E-state index in [1.165, 1.54) is 4.88 Å². The second kappa shape index (κ2) is 8.12. The summed E-state index contributed by atoms with van der Waals surface area (Å²) in [4.78, 5) is 1.25. The van der Waals surface area contributed by atoms with Gasteiger partial charge < -0.3 is 14.8 Å². The summed E-state index contributed by atoms with van der Waals surface area (Å²) < 4.78 is 11.7. The smallest absolute Gasteiger partial charge is 0.0931 e. The molecule has 0 aliphatic heterocycles. The van der Waals surface area contributed by atoms with Crippen molar-refractivity contribution in [3.8, 4) is 0 Å². The summed E-state index contributed by atoms with van der Waals surface area (Å²) in [5.74, 6) is 0. The Balaban J connectivity index is 1.96. The predicted octanol–water partition coefficient (Wildman–Crippen LogP) is 3.32. The fourth-order valence-electron chi connectivity index (χ4n) is 1.32. The maximum Gasteiger partial charge on any atom is 0.0931 e. The van der Waals surface area contributed by atoms with Gasteiger partial charge in [-0.25, -0.2) is 0 Å². The average molecular weight is 292 g/mol. The Morgan fingerprint density at radius 2 is 2.11 bits per heavy atom. The van der Waals surface area contributed by atoms with Gasteiger partial charge in [-0.3, -0.25) is 0 Å². The fourth-order valence-corrected chi connectivity index (χ4v) is 2.38. The van der Waals surface area contributed by atoms with Crippen LogP contribution in [-0.4, -0.2) is 32.5 Å². The molecule has 0 saturated heterocycles. The van der Waals surface area contributed by atoms with E-state index in [1.807, 2.05) is 12.1 Å². The van der Waals surface area contributed by atoms with Gasteiger partial charge in [0.05, 0.1) is 16.5 Å². The number of thiophene rings is 1. The molecular formula is C13H22ClNO2S. The molecule has 1 rings (SSSR count). The van der Waals surface area contributed by atoms with Gasteiger partial charge in [-0.05, 0) is 32.4 Å². The van der Waals surface area contributed by atoms with E-state index >= 15 is 0 Å². The van der Waals surface area contributed by atoms with Crippen LogP contribution in [0.25, 0.3) is 0 Å². The molecule has 18 heavy (non-hydrogen) atoms. The highest BCUT2D eigenvalue weighted by Gasteiger charge is 2.15. The number of nitrogens with one attached hydrogen (secondary N) is 1. The topological polar surface area (TPSA) is 30.5 Å². The molecule has 0 radical (unpaired) electrons. The lowest BCUT2D eigenvalue weighted by atomic mass is 10.1. The van der Waals surface area contributed by atoms with Crippen LogP contribution < -0.4 is 5.32 Å². The van der Waals surface area contributed by atoms with E-state index < -0.39 is 0 Å². The highest BCUT2D eigenvalue weighted by molar-refractivity contribution is 7.16. The third kappa shape index (κ3) is 6.71. The molecule has 0 aliphatic carbocycles. The molecule has 0 bridgehead atoms. The molecule has 0 unspecified atom stereocenters. The summed E-state index contributed by atoms with van der Waals surface area (Å²) in [5.41, 5.74) is -0.0961. The van der Waals surface area contributed by atoms with Crippen molar-refractivity contribution >= 4 is 22.9 Å². The predicted molar refractivity (Wildman–Crippen MR) is 77.6 cm³/mol. The van der Waals surface area contributed by atoms with Gasteiger partial charge >= 0.3 is 0 Å². The third-order valence-corrected chi connectivity index (χ3v) is 3.98. The van der Waals surface area contributed by atoms with Crippen LogP contribution in [0.15, 0.2) is 12.1 Å². The second-order valence-electron chi connectivity index (χ2n) is 4.71. The van der Waals surface area contributed by atoms with Gasteiger partial charge in [0.15, 0.2) is 0 Å². The van der Waals surface area contributed by atoms with Gasteiger partial charge in [-0.1, -0.05) is 11.6 Å². The molecule has 0 fully saturated rings.